The van der Waals surface area contributed by atoms with Crippen LogP contribution in [-0.4, -0.2) is 15.9 Å². The lowest BCUT2D eigenvalue weighted by atomic mass is 10.2. The minimum Gasteiger partial charge on any atom is -0.398 e. The van der Waals surface area contributed by atoms with Gasteiger partial charge >= 0.3 is 0 Å². The molecule has 21 heavy (non-hydrogen) atoms. The molecule has 0 spiro atoms. The molecule has 0 aromatic heterocycles. The van der Waals surface area contributed by atoms with Gasteiger partial charge in [0, 0.05) is 10.6 Å². The average molecular weight is 323 g/mol. The Morgan fingerprint density at radius 3 is 2.52 bits per heavy atom. The van der Waals surface area contributed by atoms with E-state index in [2.05, 4.69) is 5.32 Å². The van der Waals surface area contributed by atoms with E-state index >= 15 is 0 Å². The van der Waals surface area contributed by atoms with Crippen molar-refractivity contribution in [3.05, 3.63) is 53.1 Å². The van der Waals surface area contributed by atoms with E-state index in [9.17, 15) is 9.00 Å². The molecule has 2 aromatic rings. The van der Waals surface area contributed by atoms with Crippen LogP contribution in [0, 0.1) is 6.92 Å². The summed E-state index contributed by atoms with van der Waals surface area (Å²) < 4.78 is 12.1. The van der Waals surface area contributed by atoms with Crippen molar-refractivity contribution in [3.63, 3.8) is 0 Å². The first kappa shape index (κ1) is 15.5. The van der Waals surface area contributed by atoms with Gasteiger partial charge < -0.3 is 11.1 Å². The molecule has 0 aliphatic rings. The Kier molecular flexibility index (Phi) is 4.98. The fourth-order valence-corrected chi connectivity index (χ4v) is 2.88. The third kappa shape index (κ3) is 4.31. The Bertz CT molecular complexity index is 687. The van der Waals surface area contributed by atoms with Crippen LogP contribution in [0.1, 0.15) is 5.56 Å². The zero-order valence-corrected chi connectivity index (χ0v) is 13.0. The van der Waals surface area contributed by atoms with Gasteiger partial charge in [0.05, 0.1) is 21.5 Å². The maximum absolute atomic E-state index is 12.1. The summed E-state index contributed by atoms with van der Waals surface area (Å²) in [7, 11) is -1.46. The van der Waals surface area contributed by atoms with Crippen LogP contribution in [0.5, 0.6) is 0 Å². The number of hydrogen-bond donors (Lipinski definition) is 2. The van der Waals surface area contributed by atoms with E-state index in [0.717, 1.165) is 5.56 Å². The van der Waals surface area contributed by atoms with Crippen LogP contribution in [-0.2, 0) is 15.6 Å². The van der Waals surface area contributed by atoms with Crippen molar-refractivity contribution in [1.29, 1.82) is 0 Å². The topological polar surface area (TPSA) is 72.2 Å². The van der Waals surface area contributed by atoms with Crippen molar-refractivity contribution in [3.8, 4) is 0 Å². The molecule has 2 rings (SSSR count). The molecule has 110 valence electrons. The number of carbonyl (C=O) groups excluding carboxylic acids is 1. The van der Waals surface area contributed by atoms with E-state index in [1.165, 1.54) is 6.07 Å². The van der Waals surface area contributed by atoms with Gasteiger partial charge in [0.15, 0.2) is 0 Å². The third-order valence-corrected chi connectivity index (χ3v) is 4.46. The van der Waals surface area contributed by atoms with Crippen molar-refractivity contribution in [2.75, 3.05) is 16.8 Å². The Morgan fingerprint density at radius 2 is 1.90 bits per heavy atom. The Labute approximate surface area is 130 Å². The smallest absolute Gasteiger partial charge is 0.237 e. The van der Waals surface area contributed by atoms with Crippen molar-refractivity contribution in [1.82, 2.24) is 0 Å². The van der Waals surface area contributed by atoms with Gasteiger partial charge in [-0.3, -0.25) is 9.00 Å². The van der Waals surface area contributed by atoms with Crippen LogP contribution in [0.2, 0.25) is 5.02 Å². The van der Waals surface area contributed by atoms with Gasteiger partial charge in [-0.1, -0.05) is 29.3 Å². The first-order valence-corrected chi connectivity index (χ1v) is 7.95. The molecule has 0 heterocycles. The van der Waals surface area contributed by atoms with E-state index < -0.39 is 10.8 Å². The third-order valence-electron chi connectivity index (χ3n) is 2.83. The van der Waals surface area contributed by atoms with Gasteiger partial charge in [-0.05, 0) is 37.3 Å². The number of nitrogens with two attached hydrogens (primary N) is 1. The summed E-state index contributed by atoms with van der Waals surface area (Å²) in [5.41, 5.74) is 7.80. The van der Waals surface area contributed by atoms with Crippen LogP contribution in [0.15, 0.2) is 47.4 Å². The lowest BCUT2D eigenvalue weighted by molar-refractivity contribution is -0.113. The number of carbonyl (C=O) groups is 1. The van der Waals surface area contributed by atoms with Gasteiger partial charge in [-0.25, -0.2) is 0 Å². The summed E-state index contributed by atoms with van der Waals surface area (Å²) in [6.07, 6.45) is 0. The molecule has 0 fully saturated rings. The van der Waals surface area contributed by atoms with Crippen molar-refractivity contribution >= 4 is 39.7 Å². The number of aryl methyl sites for hydroxylation is 1. The zero-order valence-electron chi connectivity index (χ0n) is 11.4. The fraction of sp³-hybridized carbons (Fsp3) is 0.133. The number of nitrogens with one attached hydrogen (secondary N) is 1. The molecule has 0 saturated carbocycles. The van der Waals surface area contributed by atoms with Gasteiger partial charge in [0.25, 0.3) is 0 Å². The summed E-state index contributed by atoms with van der Waals surface area (Å²) in [5.74, 6) is -0.446. The number of hydrogen-bond acceptors (Lipinski definition) is 3. The lowest BCUT2D eigenvalue weighted by Gasteiger charge is -2.06. The SMILES string of the molecule is Cc1ccc(NC(=O)CS(=O)c2ccc(N)c(Cl)c2)cc1. The number of benzene rings is 2. The van der Waals surface area contributed by atoms with Gasteiger partial charge in [0.1, 0.15) is 5.75 Å². The van der Waals surface area contributed by atoms with E-state index in [1.807, 2.05) is 19.1 Å². The molecule has 0 radical (unpaired) electrons. The Morgan fingerprint density at radius 1 is 1.24 bits per heavy atom. The molecular formula is C15H15ClN2O2S. The molecule has 1 unspecified atom stereocenters. The average Bonchev–Trinajstić information content (AvgIpc) is 2.44. The predicted octanol–water partition coefficient (Wildman–Crippen LogP) is 2.98. The van der Waals surface area contributed by atoms with Crippen LogP contribution in [0.4, 0.5) is 11.4 Å². The molecule has 0 aliphatic heterocycles. The van der Waals surface area contributed by atoms with Crippen LogP contribution in [0.3, 0.4) is 0 Å². The molecule has 1 amide bonds. The first-order valence-electron chi connectivity index (χ1n) is 6.25. The Hall–Kier alpha value is -1.85. The maximum atomic E-state index is 12.1. The standard InChI is InChI=1S/C15H15ClN2O2S/c1-10-2-4-11(5-3-10)18-15(19)9-21(20)12-6-7-14(17)13(16)8-12/h2-8H,9,17H2,1H3,(H,18,19). The largest absolute Gasteiger partial charge is 0.398 e. The second-order valence-electron chi connectivity index (χ2n) is 4.59. The molecule has 0 saturated heterocycles. The number of halogens is 1. The molecule has 4 nitrogen and oxygen atoms in total. The minimum absolute atomic E-state index is 0.131. The van der Waals surface area contributed by atoms with E-state index in [0.29, 0.717) is 21.3 Å². The lowest BCUT2D eigenvalue weighted by Crippen LogP contribution is -2.19. The highest BCUT2D eigenvalue weighted by Crippen LogP contribution is 2.21. The summed E-state index contributed by atoms with van der Waals surface area (Å²) in [4.78, 5) is 12.4. The predicted molar refractivity (Wildman–Crippen MR) is 86.9 cm³/mol. The molecule has 2 aromatic carbocycles. The second kappa shape index (κ2) is 6.74. The van der Waals surface area contributed by atoms with E-state index in [4.69, 9.17) is 17.3 Å². The number of anilines is 2. The molecule has 6 heteroatoms. The maximum Gasteiger partial charge on any atom is 0.237 e. The molecular weight excluding hydrogens is 308 g/mol. The second-order valence-corrected chi connectivity index (χ2v) is 6.45. The molecule has 1 atom stereocenters. The highest BCUT2D eigenvalue weighted by atomic mass is 35.5. The van der Waals surface area contributed by atoms with Gasteiger partial charge in [0.2, 0.25) is 5.91 Å². The van der Waals surface area contributed by atoms with Gasteiger partial charge in [-0.2, -0.15) is 0 Å². The molecule has 0 bridgehead atoms. The highest BCUT2D eigenvalue weighted by Gasteiger charge is 2.11. The Balaban J connectivity index is 2.00. The van der Waals surface area contributed by atoms with Crippen molar-refractivity contribution in [2.24, 2.45) is 0 Å². The van der Waals surface area contributed by atoms with Crippen molar-refractivity contribution < 1.29 is 9.00 Å². The number of amides is 1. The number of nitrogen functional groups attached to an aromatic ring is 1. The quantitative estimate of drug-likeness (QED) is 0.850. The monoisotopic (exact) mass is 322 g/mol. The molecule has 0 aliphatic carbocycles. The first-order chi connectivity index (χ1) is 9.95. The van der Waals surface area contributed by atoms with Crippen LogP contribution >= 0.6 is 11.6 Å². The van der Waals surface area contributed by atoms with E-state index in [-0.39, 0.29) is 11.7 Å². The minimum atomic E-state index is -1.46. The molecule has 3 N–H and O–H groups in total. The van der Waals surface area contributed by atoms with Crippen molar-refractivity contribution in [2.45, 2.75) is 11.8 Å². The fourth-order valence-electron chi connectivity index (χ4n) is 1.69. The van der Waals surface area contributed by atoms with E-state index in [1.54, 1.807) is 24.3 Å². The van der Waals surface area contributed by atoms with Gasteiger partial charge in [-0.15, -0.1) is 0 Å². The summed E-state index contributed by atoms with van der Waals surface area (Å²) >= 11 is 5.88. The normalized spacial score (nSPS) is 11.9. The zero-order chi connectivity index (χ0) is 15.4. The number of rotatable bonds is 4. The summed E-state index contributed by atoms with van der Waals surface area (Å²) in [6, 6.07) is 12.1. The van der Waals surface area contributed by atoms with Crippen LogP contribution < -0.4 is 11.1 Å². The highest BCUT2D eigenvalue weighted by molar-refractivity contribution is 7.85. The van der Waals surface area contributed by atoms with Crippen LogP contribution in [0.25, 0.3) is 0 Å². The summed E-state index contributed by atoms with van der Waals surface area (Å²) in [5, 5.41) is 3.04. The summed E-state index contributed by atoms with van der Waals surface area (Å²) in [6.45, 7) is 1.96.